The fraction of sp³-hybridized carbons (Fsp3) is 0.889. The smallest absolute Gasteiger partial charge is 0.255 e. The van der Waals surface area contributed by atoms with Gasteiger partial charge in [0.2, 0.25) is 5.91 Å². The highest BCUT2D eigenvalue weighted by molar-refractivity contribution is 5.85. The Morgan fingerprint density at radius 1 is 1.50 bits per heavy atom. The van der Waals surface area contributed by atoms with Gasteiger partial charge >= 0.3 is 0 Å². The Morgan fingerprint density at radius 3 is 2.56 bits per heavy atom. The molecule has 0 bridgehead atoms. The molecule has 2 N–H and O–H groups in total. The van der Waals surface area contributed by atoms with E-state index in [0.717, 1.165) is 4.90 Å². The Hall–Kier alpha value is -0.460. The predicted octanol–water partition coefficient (Wildman–Crippen LogP) is 0.887. The van der Waals surface area contributed by atoms with Gasteiger partial charge in [0.1, 0.15) is 0 Å². The summed E-state index contributed by atoms with van der Waals surface area (Å²) < 4.78 is 29.0. The molecule has 0 saturated carbocycles. The van der Waals surface area contributed by atoms with Crippen LogP contribution in [0.25, 0.3) is 0 Å². The molecular formula is C9H19ClF2N2O2. The minimum atomic E-state index is -2.51. The van der Waals surface area contributed by atoms with Crippen molar-refractivity contribution in [3.8, 4) is 0 Å². The molecule has 16 heavy (non-hydrogen) atoms. The molecule has 98 valence electrons. The summed E-state index contributed by atoms with van der Waals surface area (Å²) in [5.74, 6) is -0.294. The Morgan fingerprint density at radius 2 is 2.12 bits per heavy atom. The van der Waals surface area contributed by atoms with E-state index >= 15 is 0 Å². The van der Waals surface area contributed by atoms with Gasteiger partial charge in [0, 0.05) is 20.1 Å². The van der Waals surface area contributed by atoms with E-state index in [2.05, 4.69) is 0 Å². The molecule has 0 aromatic carbocycles. The largest absolute Gasteiger partial charge is 0.383 e. The highest BCUT2D eigenvalue weighted by Gasteiger charge is 2.17. The third-order valence-corrected chi connectivity index (χ3v) is 1.87. The molecule has 0 unspecified atom stereocenters. The van der Waals surface area contributed by atoms with Crippen LogP contribution >= 0.6 is 12.4 Å². The summed E-state index contributed by atoms with van der Waals surface area (Å²) in [4.78, 5) is 12.5. The van der Waals surface area contributed by atoms with E-state index in [9.17, 15) is 13.6 Å². The first kappa shape index (κ1) is 17.9. The molecule has 0 fully saturated rings. The van der Waals surface area contributed by atoms with Crippen molar-refractivity contribution in [3.63, 3.8) is 0 Å². The maximum absolute atomic E-state index is 12.1. The predicted molar refractivity (Wildman–Crippen MR) is 60.0 cm³/mol. The highest BCUT2D eigenvalue weighted by atomic mass is 35.5. The van der Waals surface area contributed by atoms with Crippen molar-refractivity contribution < 1.29 is 18.3 Å². The maximum atomic E-state index is 12.1. The van der Waals surface area contributed by atoms with E-state index in [1.165, 1.54) is 7.11 Å². The van der Waals surface area contributed by atoms with Crippen LogP contribution in [0.3, 0.4) is 0 Å². The van der Waals surface area contributed by atoms with Crippen molar-refractivity contribution in [2.75, 3.05) is 33.4 Å². The Balaban J connectivity index is 0. The summed E-state index contributed by atoms with van der Waals surface area (Å²) in [6.45, 7) is 0.316. The van der Waals surface area contributed by atoms with E-state index in [1.807, 2.05) is 0 Å². The minimum Gasteiger partial charge on any atom is -0.383 e. The molecule has 0 radical (unpaired) electrons. The molecule has 4 nitrogen and oxygen atoms in total. The molecule has 0 spiro atoms. The molecule has 0 rings (SSSR count). The molecule has 0 heterocycles. The van der Waals surface area contributed by atoms with E-state index in [-0.39, 0.29) is 37.9 Å². The quantitative estimate of drug-likeness (QED) is 0.705. The van der Waals surface area contributed by atoms with Gasteiger partial charge < -0.3 is 15.4 Å². The van der Waals surface area contributed by atoms with E-state index in [1.54, 1.807) is 0 Å². The number of alkyl halides is 2. The second-order valence-electron chi connectivity index (χ2n) is 3.12. The van der Waals surface area contributed by atoms with E-state index in [4.69, 9.17) is 10.5 Å². The normalized spacial score (nSPS) is 10.1. The number of amides is 1. The molecule has 0 aromatic rings. The minimum absolute atomic E-state index is 0. The first-order valence-electron chi connectivity index (χ1n) is 4.86. The number of nitrogens with two attached hydrogens (primary N) is 1. The third-order valence-electron chi connectivity index (χ3n) is 1.87. The van der Waals surface area contributed by atoms with E-state index in [0.29, 0.717) is 13.0 Å². The van der Waals surface area contributed by atoms with Crippen LogP contribution in [-0.2, 0) is 9.53 Å². The summed E-state index contributed by atoms with van der Waals surface area (Å²) in [5, 5.41) is 0. The summed E-state index contributed by atoms with van der Waals surface area (Å²) in [7, 11) is 1.46. The van der Waals surface area contributed by atoms with Gasteiger partial charge in [0.25, 0.3) is 6.43 Å². The highest BCUT2D eigenvalue weighted by Crippen LogP contribution is 2.02. The van der Waals surface area contributed by atoms with Crippen LogP contribution in [0.15, 0.2) is 0 Å². The zero-order chi connectivity index (χ0) is 11.7. The van der Waals surface area contributed by atoms with Gasteiger partial charge in [-0.2, -0.15) is 0 Å². The number of carbonyl (C=O) groups excluding carboxylic acids is 1. The Bertz CT molecular complexity index is 185. The average molecular weight is 261 g/mol. The molecule has 7 heteroatoms. The zero-order valence-corrected chi connectivity index (χ0v) is 10.1. The molecule has 0 aliphatic rings. The number of hydrogen-bond acceptors (Lipinski definition) is 3. The number of halogens is 3. The van der Waals surface area contributed by atoms with Gasteiger partial charge in [-0.3, -0.25) is 4.79 Å². The fourth-order valence-electron chi connectivity index (χ4n) is 1.10. The summed E-state index contributed by atoms with van der Waals surface area (Å²) in [6, 6.07) is 0. The molecule has 0 aromatic heterocycles. The lowest BCUT2D eigenvalue weighted by atomic mass is 10.2. The van der Waals surface area contributed by atoms with Crippen LogP contribution in [0.2, 0.25) is 0 Å². The second-order valence-corrected chi connectivity index (χ2v) is 3.12. The maximum Gasteiger partial charge on any atom is 0.255 e. The van der Waals surface area contributed by atoms with Crippen LogP contribution in [-0.4, -0.2) is 50.6 Å². The molecule has 1 amide bonds. The first-order valence-corrected chi connectivity index (χ1v) is 4.86. The van der Waals surface area contributed by atoms with Crippen molar-refractivity contribution >= 4 is 18.3 Å². The Kier molecular flexibility index (Phi) is 12.4. The van der Waals surface area contributed by atoms with Gasteiger partial charge in [0.15, 0.2) is 0 Å². The molecule has 0 aliphatic heterocycles. The zero-order valence-electron chi connectivity index (χ0n) is 9.33. The third kappa shape index (κ3) is 8.82. The number of rotatable bonds is 8. The van der Waals surface area contributed by atoms with Crippen molar-refractivity contribution in [1.29, 1.82) is 0 Å². The summed E-state index contributed by atoms with van der Waals surface area (Å²) in [5.41, 5.74) is 5.23. The number of hydrogen-bond donors (Lipinski definition) is 1. The number of carbonyl (C=O) groups is 1. The first-order chi connectivity index (χ1) is 7.11. The summed E-state index contributed by atoms with van der Waals surface area (Å²) in [6.07, 6.45) is -1.78. The molecule has 0 saturated heterocycles. The van der Waals surface area contributed by atoms with Gasteiger partial charge in [-0.1, -0.05) is 0 Å². The van der Waals surface area contributed by atoms with Gasteiger partial charge in [0.05, 0.1) is 13.2 Å². The van der Waals surface area contributed by atoms with Gasteiger partial charge in [-0.15, -0.1) is 12.4 Å². The number of nitrogens with zero attached hydrogens (tertiary/aromatic N) is 1. The van der Waals surface area contributed by atoms with Crippen molar-refractivity contribution in [3.05, 3.63) is 0 Å². The lowest BCUT2D eigenvalue weighted by Crippen LogP contribution is -2.37. The van der Waals surface area contributed by atoms with Gasteiger partial charge in [-0.05, 0) is 13.0 Å². The average Bonchev–Trinajstić information content (AvgIpc) is 2.20. The van der Waals surface area contributed by atoms with Crippen molar-refractivity contribution in [2.24, 2.45) is 5.73 Å². The lowest BCUT2D eigenvalue weighted by molar-refractivity contribution is -0.133. The van der Waals surface area contributed by atoms with Crippen LogP contribution in [0.1, 0.15) is 12.8 Å². The Labute approximate surface area is 101 Å². The number of methoxy groups -OCH3 is 1. The topological polar surface area (TPSA) is 55.6 Å². The number of ether oxygens (including phenoxy) is 1. The van der Waals surface area contributed by atoms with Crippen LogP contribution in [0.4, 0.5) is 8.78 Å². The monoisotopic (exact) mass is 260 g/mol. The van der Waals surface area contributed by atoms with Crippen molar-refractivity contribution in [1.82, 2.24) is 4.90 Å². The lowest BCUT2D eigenvalue weighted by Gasteiger charge is -2.21. The fourth-order valence-corrected chi connectivity index (χ4v) is 1.10. The standard InChI is InChI=1S/C9H18F2N2O2.ClH/c1-15-6-5-13(7-8(10)11)9(14)3-2-4-12;/h8H,2-7,12H2,1H3;1H. The SMILES string of the molecule is COCCN(CC(F)F)C(=O)CCCN.Cl. The van der Waals surface area contributed by atoms with Crippen LogP contribution < -0.4 is 5.73 Å². The molecule has 0 aliphatic carbocycles. The molecular weight excluding hydrogens is 242 g/mol. The second kappa shape index (κ2) is 11.0. The van der Waals surface area contributed by atoms with Crippen LogP contribution in [0.5, 0.6) is 0 Å². The molecule has 0 atom stereocenters. The van der Waals surface area contributed by atoms with Crippen molar-refractivity contribution in [2.45, 2.75) is 19.3 Å². The van der Waals surface area contributed by atoms with Gasteiger partial charge in [-0.25, -0.2) is 8.78 Å². The van der Waals surface area contributed by atoms with Crippen LogP contribution in [0, 0.1) is 0 Å². The summed E-state index contributed by atoms with van der Waals surface area (Å²) >= 11 is 0. The van der Waals surface area contributed by atoms with E-state index < -0.39 is 13.0 Å².